The zero-order valence-corrected chi connectivity index (χ0v) is 13.4. The van der Waals surface area contributed by atoms with Crippen LogP contribution < -0.4 is 5.32 Å². The maximum absolute atomic E-state index is 11.5. The van der Waals surface area contributed by atoms with Crippen LogP contribution in [-0.2, 0) is 11.3 Å². The van der Waals surface area contributed by atoms with Crippen LogP contribution in [0, 0.1) is 0 Å². The van der Waals surface area contributed by atoms with Gasteiger partial charge in [-0.3, -0.25) is 9.69 Å². The highest BCUT2D eigenvalue weighted by Gasteiger charge is 2.15. The summed E-state index contributed by atoms with van der Waals surface area (Å²) in [7, 11) is 1.62. The Hall–Kier alpha value is -1.92. The first-order valence-corrected chi connectivity index (χ1v) is 7.51. The van der Waals surface area contributed by atoms with Crippen molar-refractivity contribution in [2.45, 2.75) is 19.9 Å². The number of hydrogen-bond acceptors (Lipinski definition) is 5. The topological polar surface area (TPSA) is 71.3 Å². The second-order valence-corrected chi connectivity index (χ2v) is 5.34. The van der Waals surface area contributed by atoms with E-state index >= 15 is 0 Å². The molecule has 0 saturated heterocycles. The van der Waals surface area contributed by atoms with Crippen molar-refractivity contribution in [3.05, 3.63) is 35.2 Å². The van der Waals surface area contributed by atoms with Gasteiger partial charge in [-0.2, -0.15) is 4.98 Å². The third kappa shape index (κ3) is 4.54. The second kappa shape index (κ2) is 7.91. The molecule has 0 spiro atoms. The first-order valence-electron chi connectivity index (χ1n) is 7.13. The number of likely N-dealkylation sites (N-methyl/N-ethyl adjacent to an activating group) is 1. The lowest BCUT2D eigenvalue weighted by molar-refractivity contribution is -0.121. The lowest BCUT2D eigenvalue weighted by Crippen LogP contribution is -2.35. The highest BCUT2D eigenvalue weighted by molar-refractivity contribution is 6.30. The highest BCUT2D eigenvalue weighted by Crippen LogP contribution is 2.20. The summed E-state index contributed by atoms with van der Waals surface area (Å²) in [5.41, 5.74) is 0.802. The Morgan fingerprint density at radius 1 is 1.45 bits per heavy atom. The molecule has 22 heavy (non-hydrogen) atoms. The summed E-state index contributed by atoms with van der Waals surface area (Å²) in [6.45, 7) is 3.58. The number of carbonyl (C=O) groups excluding carboxylic acids is 1. The van der Waals surface area contributed by atoms with Gasteiger partial charge in [0.15, 0.2) is 0 Å². The molecule has 1 aromatic carbocycles. The average Bonchev–Trinajstić information content (AvgIpc) is 2.96. The third-order valence-electron chi connectivity index (χ3n) is 3.10. The predicted molar refractivity (Wildman–Crippen MR) is 84.4 cm³/mol. The van der Waals surface area contributed by atoms with Crippen LogP contribution in [0.3, 0.4) is 0 Å². The summed E-state index contributed by atoms with van der Waals surface area (Å²) < 4.78 is 5.27. The molecule has 1 amide bonds. The fourth-order valence-electron chi connectivity index (χ4n) is 2.07. The molecule has 0 aliphatic rings. The summed E-state index contributed by atoms with van der Waals surface area (Å²) in [4.78, 5) is 17.9. The molecule has 0 bridgehead atoms. The van der Waals surface area contributed by atoms with E-state index in [9.17, 15) is 4.79 Å². The molecule has 0 unspecified atom stereocenters. The van der Waals surface area contributed by atoms with E-state index in [1.165, 1.54) is 0 Å². The molecule has 0 aliphatic heterocycles. The Kier molecular flexibility index (Phi) is 5.91. The number of benzene rings is 1. The zero-order valence-electron chi connectivity index (χ0n) is 12.7. The van der Waals surface area contributed by atoms with Crippen molar-refractivity contribution in [1.82, 2.24) is 20.4 Å². The van der Waals surface area contributed by atoms with Crippen molar-refractivity contribution >= 4 is 17.5 Å². The minimum absolute atomic E-state index is 0.0389. The molecule has 0 aliphatic carbocycles. The number of halogens is 1. The van der Waals surface area contributed by atoms with Crippen molar-refractivity contribution in [3.63, 3.8) is 0 Å². The summed E-state index contributed by atoms with van der Waals surface area (Å²) in [5, 5.41) is 7.20. The number of nitrogens with zero attached hydrogens (tertiary/aromatic N) is 3. The van der Waals surface area contributed by atoms with Crippen LogP contribution in [0.15, 0.2) is 28.8 Å². The first-order chi connectivity index (χ1) is 10.6. The van der Waals surface area contributed by atoms with Gasteiger partial charge in [0.2, 0.25) is 17.6 Å². The van der Waals surface area contributed by atoms with Crippen molar-refractivity contribution in [2.24, 2.45) is 0 Å². The van der Waals surface area contributed by atoms with Gasteiger partial charge in [0.1, 0.15) is 0 Å². The Balaban J connectivity index is 2.08. The van der Waals surface area contributed by atoms with Crippen molar-refractivity contribution < 1.29 is 9.32 Å². The third-order valence-corrected chi connectivity index (χ3v) is 3.33. The number of rotatable bonds is 7. The van der Waals surface area contributed by atoms with Crippen LogP contribution in [0.5, 0.6) is 0 Å². The molecule has 0 saturated carbocycles. The number of aromatic nitrogens is 2. The minimum atomic E-state index is -0.0389. The van der Waals surface area contributed by atoms with E-state index in [-0.39, 0.29) is 5.91 Å². The zero-order chi connectivity index (χ0) is 15.9. The fourth-order valence-corrected chi connectivity index (χ4v) is 2.26. The van der Waals surface area contributed by atoms with E-state index in [0.717, 1.165) is 18.5 Å². The predicted octanol–water partition coefficient (Wildman–Crippen LogP) is 2.35. The maximum atomic E-state index is 11.5. The summed E-state index contributed by atoms with van der Waals surface area (Å²) in [6, 6.07) is 7.28. The van der Waals surface area contributed by atoms with E-state index < -0.39 is 0 Å². The van der Waals surface area contributed by atoms with Crippen LogP contribution in [0.4, 0.5) is 0 Å². The summed E-state index contributed by atoms with van der Waals surface area (Å²) in [5.74, 6) is 0.934. The molecule has 6 nitrogen and oxygen atoms in total. The normalized spacial score (nSPS) is 10.9. The van der Waals surface area contributed by atoms with Crippen molar-refractivity contribution in [1.29, 1.82) is 0 Å². The highest BCUT2D eigenvalue weighted by atomic mass is 35.5. The number of amides is 1. The molecule has 1 aromatic heterocycles. The molecule has 1 N–H and O–H groups in total. The van der Waals surface area contributed by atoms with E-state index in [2.05, 4.69) is 22.4 Å². The standard InChI is InChI=1S/C15H19ClN4O2/c1-3-7-20(9-13(21)17-2)10-14-18-15(19-22-14)11-5-4-6-12(16)8-11/h4-6,8H,3,7,9-10H2,1-2H3,(H,17,21). The molecule has 0 radical (unpaired) electrons. The Morgan fingerprint density at radius 2 is 2.27 bits per heavy atom. The molecule has 2 rings (SSSR count). The van der Waals surface area contributed by atoms with E-state index in [1.54, 1.807) is 19.2 Å². The molecule has 0 fully saturated rings. The van der Waals surface area contributed by atoms with Gasteiger partial charge in [-0.25, -0.2) is 0 Å². The van der Waals surface area contributed by atoms with Crippen molar-refractivity contribution in [3.8, 4) is 11.4 Å². The maximum Gasteiger partial charge on any atom is 0.241 e. The van der Waals surface area contributed by atoms with Gasteiger partial charge in [0.25, 0.3) is 0 Å². The largest absolute Gasteiger partial charge is 0.358 e. The summed E-state index contributed by atoms with van der Waals surface area (Å²) in [6.07, 6.45) is 0.937. The number of nitrogens with one attached hydrogen (secondary N) is 1. The molecule has 0 atom stereocenters. The van der Waals surface area contributed by atoms with Gasteiger partial charge in [-0.15, -0.1) is 0 Å². The smallest absolute Gasteiger partial charge is 0.241 e. The number of hydrogen-bond donors (Lipinski definition) is 1. The molecule has 2 aromatic rings. The molecule has 7 heteroatoms. The van der Waals surface area contributed by atoms with Gasteiger partial charge in [0, 0.05) is 17.6 Å². The Labute approximate surface area is 134 Å². The molecule has 1 heterocycles. The number of carbonyl (C=O) groups is 1. The average molecular weight is 323 g/mol. The lowest BCUT2D eigenvalue weighted by atomic mass is 10.2. The van der Waals surface area contributed by atoms with Gasteiger partial charge < -0.3 is 9.84 Å². The van der Waals surface area contributed by atoms with Gasteiger partial charge >= 0.3 is 0 Å². The van der Waals surface area contributed by atoms with Crippen LogP contribution in [-0.4, -0.2) is 41.1 Å². The van der Waals surface area contributed by atoms with Crippen LogP contribution >= 0.6 is 11.6 Å². The quantitative estimate of drug-likeness (QED) is 0.847. The van der Waals surface area contributed by atoms with Crippen LogP contribution in [0.25, 0.3) is 11.4 Å². The van der Waals surface area contributed by atoms with E-state index in [0.29, 0.717) is 29.8 Å². The summed E-state index contributed by atoms with van der Waals surface area (Å²) >= 11 is 5.96. The van der Waals surface area contributed by atoms with Gasteiger partial charge in [-0.1, -0.05) is 35.8 Å². The molecule has 118 valence electrons. The SMILES string of the molecule is CCCN(CC(=O)NC)Cc1nc(-c2cccc(Cl)c2)no1. The lowest BCUT2D eigenvalue weighted by Gasteiger charge is -2.18. The van der Waals surface area contributed by atoms with Crippen molar-refractivity contribution in [2.75, 3.05) is 20.1 Å². The molecular weight excluding hydrogens is 304 g/mol. The van der Waals surface area contributed by atoms with Crippen LogP contribution in [0.2, 0.25) is 5.02 Å². The van der Waals surface area contributed by atoms with E-state index in [1.807, 2.05) is 17.0 Å². The Bertz CT molecular complexity index is 630. The van der Waals surface area contributed by atoms with Gasteiger partial charge in [0.05, 0.1) is 13.1 Å². The molecular formula is C15H19ClN4O2. The monoisotopic (exact) mass is 322 g/mol. The minimum Gasteiger partial charge on any atom is -0.358 e. The first kappa shape index (κ1) is 16.5. The second-order valence-electron chi connectivity index (χ2n) is 4.91. The Morgan fingerprint density at radius 3 is 2.95 bits per heavy atom. The van der Waals surface area contributed by atoms with Gasteiger partial charge in [-0.05, 0) is 25.1 Å². The van der Waals surface area contributed by atoms with E-state index in [4.69, 9.17) is 16.1 Å². The van der Waals surface area contributed by atoms with Crippen LogP contribution in [0.1, 0.15) is 19.2 Å². The fraction of sp³-hybridized carbons (Fsp3) is 0.400.